The molecule has 0 saturated heterocycles. The smallest absolute Gasteiger partial charge is 0.355 e. The van der Waals surface area contributed by atoms with Gasteiger partial charge in [-0.25, -0.2) is 53.1 Å². The van der Waals surface area contributed by atoms with Gasteiger partial charge in [0.05, 0.1) is 0 Å². The van der Waals surface area contributed by atoms with Crippen molar-refractivity contribution in [2.24, 2.45) is 52.7 Å². The molecule has 620 valence electrons. The van der Waals surface area contributed by atoms with E-state index in [2.05, 4.69) is 45.6 Å². The molecule has 12 aromatic rings. The maximum Gasteiger partial charge on any atom is 0.355 e. The number of nitrogens with zero attached hydrogens (tertiary/aromatic N) is 2. The van der Waals surface area contributed by atoms with Gasteiger partial charge in [-0.3, -0.25) is 14.4 Å². The van der Waals surface area contributed by atoms with Crippen LogP contribution in [0.1, 0.15) is 119 Å². The second-order valence-electron chi connectivity index (χ2n) is 29.5. The Kier molecular flexibility index (Phi) is 32.9. The van der Waals surface area contributed by atoms with Crippen molar-refractivity contribution in [3.8, 4) is 44.5 Å². The number of nitrogens with one attached hydrogen (secondary N) is 7. The highest BCUT2D eigenvalue weighted by molar-refractivity contribution is 6.02. The van der Waals surface area contributed by atoms with Crippen LogP contribution in [-0.4, -0.2) is 125 Å². The van der Waals surface area contributed by atoms with Gasteiger partial charge in [0.15, 0.2) is 29.0 Å². The summed E-state index contributed by atoms with van der Waals surface area (Å²) in [7, 11) is 2.00. The Morgan fingerprint density at radius 1 is 0.347 bits per heavy atom. The number of hydrogen-bond donors (Lipinski definition) is 13. The minimum absolute atomic E-state index is 0. The molecule has 4 aliphatic carbocycles. The van der Waals surface area contributed by atoms with Gasteiger partial charge in [-0.05, 0) is 248 Å². The number of carboxylic acid groups (broad SMARTS) is 1. The molecule has 3 amide bonds. The summed E-state index contributed by atoms with van der Waals surface area (Å²) in [5, 5.41) is 32.6. The Balaban J connectivity index is 0.000000171. The molecule has 8 aromatic carbocycles. The highest BCUT2D eigenvalue weighted by Crippen LogP contribution is 2.36. The van der Waals surface area contributed by atoms with E-state index < -0.39 is 52.7 Å². The zero-order valence-electron chi connectivity index (χ0n) is 65.0. The number of benzene rings is 8. The minimum atomic E-state index is -1.35. The van der Waals surface area contributed by atoms with Crippen LogP contribution in [0.4, 0.5) is 35.1 Å². The van der Waals surface area contributed by atoms with E-state index in [9.17, 15) is 54.3 Å². The molecule has 8 atom stereocenters. The molecule has 4 fully saturated rings. The van der Waals surface area contributed by atoms with Gasteiger partial charge in [-0.2, -0.15) is 0 Å². The zero-order valence-corrected chi connectivity index (χ0v) is 65.9. The second kappa shape index (κ2) is 43.0. The van der Waals surface area contributed by atoms with Crippen LogP contribution in [0.2, 0.25) is 0 Å². The molecular formula is C90H95ClF8N12O7. The summed E-state index contributed by atoms with van der Waals surface area (Å²) < 4.78 is 110. The van der Waals surface area contributed by atoms with E-state index >= 15 is 0 Å². The van der Waals surface area contributed by atoms with Crippen LogP contribution < -0.4 is 33.2 Å². The Morgan fingerprint density at radius 3 is 0.814 bits per heavy atom. The predicted molar refractivity (Wildman–Crippen MR) is 446 cm³/mol. The lowest BCUT2D eigenvalue weighted by Gasteiger charge is -2.11. The first kappa shape index (κ1) is 90.2. The summed E-state index contributed by atoms with van der Waals surface area (Å²) in [5.74, 6) is -3.69. The molecule has 118 heavy (non-hydrogen) atoms. The molecule has 0 radical (unpaired) electrons. The van der Waals surface area contributed by atoms with Gasteiger partial charge >= 0.3 is 5.97 Å². The van der Waals surface area contributed by atoms with Gasteiger partial charge in [-0.1, -0.05) is 72.8 Å². The normalized spacial score (nSPS) is 18.2. The van der Waals surface area contributed by atoms with Crippen molar-refractivity contribution in [1.29, 1.82) is 0 Å². The summed E-state index contributed by atoms with van der Waals surface area (Å²) in [5.41, 5.74) is 24.6. The van der Waals surface area contributed by atoms with E-state index in [4.69, 9.17) is 45.7 Å². The van der Waals surface area contributed by atoms with Crippen LogP contribution in [0.25, 0.3) is 97.8 Å². The minimum Gasteiger partial charge on any atom is -0.476 e. The summed E-state index contributed by atoms with van der Waals surface area (Å²) >= 11 is 0. The van der Waals surface area contributed by atoms with E-state index in [1.54, 1.807) is 115 Å². The van der Waals surface area contributed by atoms with Crippen molar-refractivity contribution in [2.45, 2.75) is 89.1 Å². The fourth-order valence-electron chi connectivity index (χ4n) is 15.4. The highest BCUT2D eigenvalue weighted by Gasteiger charge is 2.32. The van der Waals surface area contributed by atoms with E-state index in [0.29, 0.717) is 107 Å². The van der Waals surface area contributed by atoms with Crippen molar-refractivity contribution in [3.63, 3.8) is 0 Å². The fraction of sp³-hybridized carbons (Fsp3) is 0.311. The number of fused-ring (bicyclic) bond motifs is 4. The Bertz CT molecular complexity index is 5310. The average Bonchev–Trinajstić information content (AvgIpc) is 1.66. The van der Waals surface area contributed by atoms with Gasteiger partial charge in [0.2, 0.25) is 12.1 Å². The number of nitrogens with two attached hydrogens (primary N) is 3. The standard InChI is InChI=1S/C22H19F2N3O.2C22H23F2N3O.C15H9F2NO2.C7H12N2.2CH4O.ClH/c1-25-17-8-2-13(10-17)12-26-22(28)21-20(24)18-9-5-15(11-19(18)27-21)14-3-6-16(23)7-4-14;2*23-17-6-3-15(4-7-17)16-5-8-18-19(10-16)27-21(20(18)24)22(28)26-12-14-2-1-13(9-14)11-25;16-10-4-1-8(2-5-10)9-3-6-11-12(7-9)18-14(13(11)17)15(19)20;1-9-7-3-2-6(4-7)5-8;2*1-2;/h3-7,9,11,13,17,27H,2,8,10,12H2,(H,26,28);2*3-8,10,13-14,27H,1-2,9,11-12,25H2,(H,26,28);1-7,18H,(H,19,20);6-7H,2-5,8H2;2*2H,1H3;1H/t13-,17+;2*13-,14+;;6-,7+;;;/m011.0.../s1. The summed E-state index contributed by atoms with van der Waals surface area (Å²) in [4.78, 5) is 66.5. The molecule has 16 N–H and O–H groups in total. The van der Waals surface area contributed by atoms with Gasteiger partial charge in [0, 0.05) is 103 Å². The van der Waals surface area contributed by atoms with Gasteiger partial charge in [0.1, 0.15) is 40.4 Å². The monoisotopic (exact) mass is 1640 g/mol. The van der Waals surface area contributed by atoms with Gasteiger partial charge in [0.25, 0.3) is 17.7 Å². The Morgan fingerprint density at radius 2 is 0.568 bits per heavy atom. The van der Waals surface area contributed by atoms with E-state index in [-0.39, 0.29) is 70.1 Å². The number of halogens is 9. The number of carbonyl (C=O) groups excluding carboxylic acids is 3. The molecule has 4 aromatic heterocycles. The first-order chi connectivity index (χ1) is 56.6. The van der Waals surface area contributed by atoms with Crippen molar-refractivity contribution in [2.75, 3.05) is 53.5 Å². The number of rotatable bonds is 17. The van der Waals surface area contributed by atoms with E-state index in [1.807, 2.05) is 0 Å². The van der Waals surface area contributed by atoms with Crippen molar-refractivity contribution in [1.82, 2.24) is 35.9 Å². The molecule has 4 saturated carbocycles. The number of H-pyrrole nitrogens is 4. The fourth-order valence-corrected chi connectivity index (χ4v) is 15.4. The summed E-state index contributed by atoms with van der Waals surface area (Å²) in [6, 6.07) is 44.7. The third-order valence-electron chi connectivity index (χ3n) is 21.9. The maximum absolute atomic E-state index is 14.7. The highest BCUT2D eigenvalue weighted by atomic mass is 35.5. The third kappa shape index (κ3) is 22.7. The maximum atomic E-state index is 14.7. The van der Waals surface area contributed by atoms with E-state index in [1.165, 1.54) is 61.0 Å². The average molecular weight is 1640 g/mol. The van der Waals surface area contributed by atoms with Crippen LogP contribution in [0, 0.1) is 95.2 Å². The molecular weight excluding hydrogens is 1550 g/mol. The van der Waals surface area contributed by atoms with E-state index in [0.717, 1.165) is 136 Å². The number of aliphatic hydroxyl groups is 2. The first-order valence-corrected chi connectivity index (χ1v) is 38.7. The number of amides is 3. The van der Waals surface area contributed by atoms with Gasteiger partial charge in [-0.15, -0.1) is 12.4 Å². The van der Waals surface area contributed by atoms with Crippen LogP contribution in [0.15, 0.2) is 170 Å². The molecule has 16 rings (SSSR count). The lowest BCUT2D eigenvalue weighted by atomic mass is 10.0. The van der Waals surface area contributed by atoms with Crippen LogP contribution in [-0.2, 0) is 0 Å². The SMILES string of the molecule is CO.CO.Cl.NC[C@@H]1CC[C@H](CNC(=O)c2[nH]c3cc(-c4ccc(F)cc4)ccc3c2F)C1.NC[C@@H]1CC[C@H](CNC(=O)c2[nH]c3cc(-c4ccc(F)cc4)ccc3c2F)C1.O=C(O)c1[nH]c2cc(-c3ccc(F)cc3)ccc2c1F.[C-]#[N+][C@@H]1CC[C@H](CN)C1.[C-]#[N+][C@@H]1CC[C@H](CNC(=O)c2[nH]c3cc(-c4ccc(F)cc4)ccc3c2F)C1. The molecule has 4 heterocycles. The molecule has 19 nitrogen and oxygen atoms in total. The zero-order chi connectivity index (χ0) is 84.0. The van der Waals surface area contributed by atoms with Crippen LogP contribution in [0.3, 0.4) is 0 Å². The predicted octanol–water partition coefficient (Wildman–Crippen LogP) is 17.8. The number of aromatic carboxylic acids is 1. The summed E-state index contributed by atoms with van der Waals surface area (Å²) in [6.45, 7) is 17.5. The first-order valence-electron chi connectivity index (χ1n) is 38.7. The third-order valence-corrected chi connectivity index (χ3v) is 21.9. The van der Waals surface area contributed by atoms with Crippen LogP contribution >= 0.6 is 12.4 Å². The second-order valence-corrected chi connectivity index (χ2v) is 29.5. The molecule has 28 heteroatoms. The number of aromatic amines is 4. The van der Waals surface area contributed by atoms with Crippen LogP contribution in [0.5, 0.6) is 0 Å². The summed E-state index contributed by atoms with van der Waals surface area (Å²) in [6.07, 6.45) is 12.1. The van der Waals surface area contributed by atoms with Crippen molar-refractivity contribution < 1.29 is 69.6 Å². The number of aromatic nitrogens is 4. The van der Waals surface area contributed by atoms with Crippen molar-refractivity contribution >= 4 is 79.7 Å². The molecule has 0 aliphatic heterocycles. The van der Waals surface area contributed by atoms with Crippen molar-refractivity contribution in [3.05, 3.63) is 262 Å². The van der Waals surface area contributed by atoms with Gasteiger partial charge < -0.3 is 78.1 Å². The molecule has 4 aliphatic rings. The quantitative estimate of drug-likeness (QED) is 0.0302. The number of carboxylic acids is 1. The Labute approximate surface area is 683 Å². The molecule has 0 spiro atoms. The lowest BCUT2D eigenvalue weighted by Crippen LogP contribution is -2.29. The Hall–Kier alpha value is -11.7. The number of aliphatic hydroxyl groups excluding tert-OH is 2. The number of hydrogen-bond acceptors (Lipinski definition) is 9. The molecule has 0 bridgehead atoms. The number of carbonyl (C=O) groups is 4. The largest absolute Gasteiger partial charge is 0.476 e. The topological polar surface area (TPSA) is 315 Å². The molecule has 0 unspecified atom stereocenters. The lowest BCUT2D eigenvalue weighted by molar-refractivity contribution is 0.0685.